The molecule has 0 fully saturated rings. The lowest BCUT2D eigenvalue weighted by Crippen LogP contribution is -2.40. The van der Waals surface area contributed by atoms with Gasteiger partial charge < -0.3 is 9.73 Å². The lowest BCUT2D eigenvalue weighted by atomic mass is 10.2. The average molecular weight is 387 g/mol. The summed E-state index contributed by atoms with van der Waals surface area (Å²) in [6.45, 7) is 0.258. The molecule has 1 amide bonds. The molecule has 0 atom stereocenters. The number of hydrogen-bond donors (Lipinski definition) is 2. The lowest BCUT2D eigenvalue weighted by Gasteiger charge is -2.19. The quantitative estimate of drug-likeness (QED) is 0.691. The molecule has 0 unspecified atom stereocenters. The van der Waals surface area contributed by atoms with Crippen molar-refractivity contribution in [3.05, 3.63) is 54.4 Å². The summed E-state index contributed by atoms with van der Waals surface area (Å²) in [5, 5.41) is 9.39. The molecule has 10 heteroatoms. The summed E-state index contributed by atoms with van der Waals surface area (Å²) in [6, 6.07) is 12.1. The maximum absolute atomic E-state index is 12.5. The van der Waals surface area contributed by atoms with E-state index in [9.17, 15) is 13.2 Å². The van der Waals surface area contributed by atoms with Crippen LogP contribution in [0.5, 0.6) is 0 Å². The molecule has 0 saturated heterocycles. The predicted molar refractivity (Wildman–Crippen MR) is 99.7 cm³/mol. The molecule has 27 heavy (non-hydrogen) atoms. The van der Waals surface area contributed by atoms with E-state index < -0.39 is 16.1 Å². The monoisotopic (exact) mass is 387 g/mol. The molecule has 0 radical (unpaired) electrons. The van der Waals surface area contributed by atoms with Gasteiger partial charge in [0.25, 0.3) is 5.91 Å². The van der Waals surface area contributed by atoms with Crippen LogP contribution in [0.25, 0.3) is 11.5 Å². The van der Waals surface area contributed by atoms with Crippen molar-refractivity contribution in [3.8, 4) is 11.5 Å². The van der Waals surface area contributed by atoms with Gasteiger partial charge in [-0.15, -0.1) is 0 Å². The summed E-state index contributed by atoms with van der Waals surface area (Å²) in [7, 11) is -2.13. The fraction of sp³-hybridized carbons (Fsp3) is 0.176. The van der Waals surface area contributed by atoms with Gasteiger partial charge in [0, 0.05) is 19.7 Å². The van der Waals surface area contributed by atoms with Crippen LogP contribution in [-0.2, 0) is 10.2 Å². The van der Waals surface area contributed by atoms with Crippen molar-refractivity contribution in [3.63, 3.8) is 0 Å². The maximum Gasteiger partial charge on any atom is 0.326 e. The standard InChI is InChI=1S/C17H17N5O4S/c1-21-14-5-2-3-6-15(14)22(27(21,24)25)9-8-18-17(23)13-11-12(19-20-13)16-7-4-10-26-16/h2-7,10-11H,8-9H2,1H3,(H,18,23)(H,19,20). The Morgan fingerprint density at radius 2 is 2.00 bits per heavy atom. The van der Waals surface area contributed by atoms with E-state index in [-0.39, 0.29) is 18.8 Å². The van der Waals surface area contributed by atoms with Crippen molar-refractivity contribution in [2.24, 2.45) is 0 Å². The SMILES string of the molecule is CN1c2ccccc2N(CCNC(=O)c2cc(-c3ccco3)[nH]n2)S1(=O)=O. The lowest BCUT2D eigenvalue weighted by molar-refractivity contribution is 0.0950. The number of amides is 1. The predicted octanol–water partition coefficient (Wildman–Crippen LogP) is 1.60. The Labute approximate surface area is 155 Å². The molecule has 0 bridgehead atoms. The summed E-state index contributed by atoms with van der Waals surface area (Å²) in [5.74, 6) is 0.173. The van der Waals surface area contributed by atoms with Crippen molar-refractivity contribution in [2.45, 2.75) is 0 Å². The first-order valence-electron chi connectivity index (χ1n) is 8.21. The second-order valence-corrected chi connectivity index (χ2v) is 7.82. The molecule has 0 aliphatic carbocycles. The number of furan rings is 1. The van der Waals surface area contributed by atoms with Crippen molar-refractivity contribution in [1.29, 1.82) is 0 Å². The van der Waals surface area contributed by atoms with Gasteiger partial charge in [-0.05, 0) is 24.3 Å². The fourth-order valence-electron chi connectivity index (χ4n) is 2.93. The molecule has 1 aliphatic heterocycles. The van der Waals surface area contributed by atoms with Crippen LogP contribution < -0.4 is 13.9 Å². The molecule has 140 valence electrons. The van der Waals surface area contributed by atoms with E-state index in [1.165, 1.54) is 21.9 Å². The van der Waals surface area contributed by atoms with Crippen LogP contribution in [0.4, 0.5) is 11.4 Å². The van der Waals surface area contributed by atoms with Crippen LogP contribution in [0.3, 0.4) is 0 Å². The number of aromatic nitrogens is 2. The summed E-state index contributed by atoms with van der Waals surface area (Å²) in [6.07, 6.45) is 1.53. The molecular formula is C17H17N5O4S. The van der Waals surface area contributed by atoms with E-state index in [2.05, 4.69) is 15.5 Å². The van der Waals surface area contributed by atoms with Crippen LogP contribution in [0.1, 0.15) is 10.5 Å². The highest BCUT2D eigenvalue weighted by Gasteiger charge is 2.37. The van der Waals surface area contributed by atoms with Crippen molar-refractivity contribution < 1.29 is 17.6 Å². The fourth-order valence-corrected chi connectivity index (χ4v) is 4.35. The van der Waals surface area contributed by atoms with Gasteiger partial charge in [-0.1, -0.05) is 12.1 Å². The second kappa shape index (κ2) is 6.47. The number of hydrogen-bond acceptors (Lipinski definition) is 5. The molecule has 2 N–H and O–H groups in total. The van der Waals surface area contributed by atoms with E-state index >= 15 is 0 Å². The Morgan fingerprint density at radius 1 is 1.22 bits per heavy atom. The third kappa shape index (κ3) is 2.93. The van der Waals surface area contributed by atoms with Gasteiger partial charge in [-0.3, -0.25) is 14.2 Å². The zero-order chi connectivity index (χ0) is 19.0. The van der Waals surface area contributed by atoms with E-state index in [4.69, 9.17) is 4.42 Å². The number of anilines is 2. The summed E-state index contributed by atoms with van der Waals surface area (Å²) < 4.78 is 32.8. The Balaban J connectivity index is 1.42. The van der Waals surface area contributed by atoms with Gasteiger partial charge >= 0.3 is 10.2 Å². The number of para-hydroxylation sites is 2. The van der Waals surface area contributed by atoms with Crippen LogP contribution in [0, 0.1) is 0 Å². The van der Waals surface area contributed by atoms with Crippen LogP contribution in [-0.4, -0.2) is 44.7 Å². The van der Waals surface area contributed by atoms with E-state index in [1.54, 1.807) is 42.5 Å². The summed E-state index contributed by atoms with van der Waals surface area (Å²) in [5.41, 5.74) is 1.99. The van der Waals surface area contributed by atoms with Gasteiger partial charge in [0.15, 0.2) is 11.5 Å². The Hall–Kier alpha value is -3.27. The first-order valence-corrected chi connectivity index (χ1v) is 9.61. The summed E-state index contributed by atoms with van der Waals surface area (Å²) in [4.78, 5) is 12.3. The van der Waals surface area contributed by atoms with Gasteiger partial charge in [0.05, 0.1) is 24.2 Å². The molecule has 3 heterocycles. The third-order valence-corrected chi connectivity index (χ3v) is 6.14. The van der Waals surface area contributed by atoms with Crippen molar-refractivity contribution in [1.82, 2.24) is 15.5 Å². The summed E-state index contributed by atoms with van der Waals surface area (Å²) >= 11 is 0. The Kier molecular flexibility index (Phi) is 4.11. The third-order valence-electron chi connectivity index (χ3n) is 4.31. The topological polar surface area (TPSA) is 112 Å². The van der Waals surface area contributed by atoms with E-state index in [1.807, 2.05) is 0 Å². The molecule has 1 aliphatic rings. The van der Waals surface area contributed by atoms with Gasteiger partial charge in [0.1, 0.15) is 5.69 Å². The molecule has 0 spiro atoms. The zero-order valence-electron chi connectivity index (χ0n) is 14.4. The van der Waals surface area contributed by atoms with Gasteiger partial charge in [-0.2, -0.15) is 13.5 Å². The number of aromatic amines is 1. The highest BCUT2D eigenvalue weighted by molar-refractivity contribution is 7.94. The van der Waals surface area contributed by atoms with Gasteiger partial charge in [0.2, 0.25) is 0 Å². The van der Waals surface area contributed by atoms with Crippen LogP contribution in [0.15, 0.2) is 53.1 Å². The van der Waals surface area contributed by atoms with Crippen molar-refractivity contribution in [2.75, 3.05) is 28.7 Å². The zero-order valence-corrected chi connectivity index (χ0v) is 15.2. The highest BCUT2D eigenvalue weighted by atomic mass is 32.2. The van der Waals surface area contributed by atoms with Crippen LogP contribution in [0.2, 0.25) is 0 Å². The first-order chi connectivity index (χ1) is 13.0. The van der Waals surface area contributed by atoms with Gasteiger partial charge in [-0.25, -0.2) is 4.31 Å². The molecule has 2 aromatic heterocycles. The minimum absolute atomic E-state index is 0.116. The Bertz CT molecular complexity index is 1070. The Morgan fingerprint density at radius 3 is 2.74 bits per heavy atom. The normalized spacial score (nSPS) is 15.0. The number of carbonyl (C=O) groups is 1. The number of H-pyrrole nitrogens is 1. The molecule has 9 nitrogen and oxygen atoms in total. The molecule has 0 saturated carbocycles. The van der Waals surface area contributed by atoms with Crippen LogP contribution >= 0.6 is 0 Å². The number of rotatable bonds is 5. The maximum atomic E-state index is 12.5. The number of carbonyl (C=O) groups excluding carboxylic acids is 1. The number of fused-ring (bicyclic) bond motifs is 1. The first kappa shape index (κ1) is 17.2. The number of nitrogens with one attached hydrogen (secondary N) is 2. The molecule has 3 aromatic rings. The average Bonchev–Trinajstić information content (AvgIpc) is 3.38. The molecule has 4 rings (SSSR count). The van der Waals surface area contributed by atoms with Crippen molar-refractivity contribution >= 4 is 27.5 Å². The minimum atomic E-state index is -3.63. The highest BCUT2D eigenvalue weighted by Crippen LogP contribution is 2.38. The largest absolute Gasteiger partial charge is 0.463 e. The minimum Gasteiger partial charge on any atom is -0.463 e. The smallest absolute Gasteiger partial charge is 0.326 e. The van der Waals surface area contributed by atoms with E-state index in [0.29, 0.717) is 22.8 Å². The number of nitrogens with zero attached hydrogens (tertiary/aromatic N) is 3. The van der Waals surface area contributed by atoms with E-state index in [0.717, 1.165) is 0 Å². The number of benzene rings is 1. The molecular weight excluding hydrogens is 370 g/mol. The second-order valence-electron chi connectivity index (χ2n) is 5.94. The molecule has 1 aromatic carbocycles.